The molecule has 3 aliphatic heterocycles. The number of nitrogens with zero attached hydrogens (tertiary/aromatic N) is 3. The van der Waals surface area contributed by atoms with Crippen molar-refractivity contribution in [1.82, 2.24) is 20.6 Å². The fourth-order valence-corrected chi connectivity index (χ4v) is 6.24. The smallest absolute Gasteiger partial charge is 0.289 e. The summed E-state index contributed by atoms with van der Waals surface area (Å²) in [5.41, 5.74) is 1.60. The van der Waals surface area contributed by atoms with Crippen molar-refractivity contribution in [3.05, 3.63) is 83.2 Å². The van der Waals surface area contributed by atoms with Gasteiger partial charge in [-0.05, 0) is 62.8 Å². The van der Waals surface area contributed by atoms with Crippen molar-refractivity contribution in [2.45, 2.75) is 38.8 Å². The first kappa shape index (κ1) is 26.1. The maximum atomic E-state index is 15.2. The lowest BCUT2D eigenvalue weighted by Crippen LogP contribution is -2.52. The van der Waals surface area contributed by atoms with E-state index >= 15 is 4.39 Å². The summed E-state index contributed by atoms with van der Waals surface area (Å²) in [7, 11) is 0. The van der Waals surface area contributed by atoms with Gasteiger partial charge < -0.3 is 20.5 Å². The first-order valence-electron chi connectivity index (χ1n) is 13.6. The number of anilines is 1. The zero-order valence-electron chi connectivity index (χ0n) is 22.2. The Balaban J connectivity index is 1.45. The molecular formula is C30H31FN6O3. The van der Waals surface area contributed by atoms with Crippen molar-refractivity contribution < 1.29 is 18.8 Å². The van der Waals surface area contributed by atoms with Crippen LogP contribution >= 0.6 is 0 Å². The maximum absolute atomic E-state index is 15.2. The van der Waals surface area contributed by atoms with Crippen LogP contribution in [0, 0.1) is 24.1 Å². The molecule has 1 aliphatic carbocycles. The first-order chi connectivity index (χ1) is 19.4. The molecule has 0 radical (unpaired) electrons. The largest absolute Gasteiger partial charge is 0.341 e. The number of amides is 2. The fraction of sp³-hybridized carbons (Fsp3) is 0.367. The van der Waals surface area contributed by atoms with E-state index in [-0.39, 0.29) is 29.4 Å². The Labute approximate surface area is 231 Å². The second-order valence-corrected chi connectivity index (χ2v) is 10.9. The van der Waals surface area contributed by atoms with Crippen molar-refractivity contribution in [2.24, 2.45) is 16.3 Å². The minimum Gasteiger partial charge on any atom is -0.341 e. The van der Waals surface area contributed by atoms with Gasteiger partial charge in [-0.2, -0.15) is 0 Å². The van der Waals surface area contributed by atoms with Crippen molar-refractivity contribution in [3.8, 4) is 0 Å². The van der Waals surface area contributed by atoms with E-state index in [4.69, 9.17) is 0 Å². The molecule has 4 aliphatic rings. The Bertz CT molecular complexity index is 1490. The maximum Gasteiger partial charge on any atom is 0.289 e. The van der Waals surface area contributed by atoms with E-state index in [1.54, 1.807) is 24.3 Å². The summed E-state index contributed by atoms with van der Waals surface area (Å²) in [5.74, 6) is -1.16. The number of H-pyrrole nitrogens is 1. The SMILES string of the molecule is Cc1cccc2c1N(CC(=O)C13CCC(CC1)CNC3)C(=O)C(NC(=O)c1ncc[nH]1)N=C2c1ccccc1F. The molecule has 1 unspecified atom stereocenters. The Morgan fingerprint density at radius 2 is 1.90 bits per heavy atom. The number of benzodiazepines with no additional fused rings is 1. The number of halogens is 1. The Hall–Kier alpha value is -4.18. The summed E-state index contributed by atoms with van der Waals surface area (Å²) >= 11 is 0. The third kappa shape index (κ3) is 4.62. The lowest BCUT2D eigenvalue weighted by molar-refractivity contribution is -0.130. The quantitative estimate of drug-likeness (QED) is 0.442. The molecule has 2 aromatic carbocycles. The number of Topliss-reactive ketones (excluding diaryl/α,β-unsaturated/α-hetero) is 1. The van der Waals surface area contributed by atoms with Gasteiger partial charge in [-0.1, -0.05) is 30.3 Å². The first-order valence-corrected chi connectivity index (χ1v) is 13.6. The average Bonchev–Trinajstić information content (AvgIpc) is 3.28. The third-order valence-electron chi connectivity index (χ3n) is 8.48. The number of rotatable bonds is 6. The molecule has 1 aromatic heterocycles. The third-order valence-corrected chi connectivity index (χ3v) is 8.48. The molecule has 2 amide bonds. The number of hydrogen-bond donors (Lipinski definition) is 3. The molecule has 9 nitrogen and oxygen atoms in total. The molecule has 3 N–H and O–H groups in total. The normalized spacial score (nSPS) is 24.1. The number of benzene rings is 2. The van der Waals surface area contributed by atoms with Crippen LogP contribution < -0.4 is 15.5 Å². The highest BCUT2D eigenvalue weighted by Gasteiger charge is 2.45. The molecule has 2 saturated heterocycles. The Morgan fingerprint density at radius 1 is 1.12 bits per heavy atom. The predicted molar refractivity (Wildman–Crippen MR) is 148 cm³/mol. The van der Waals surface area contributed by atoms with E-state index in [9.17, 15) is 14.4 Å². The minimum absolute atomic E-state index is 0.0104. The molecule has 2 bridgehead atoms. The lowest BCUT2D eigenvalue weighted by Gasteiger charge is -2.37. The summed E-state index contributed by atoms with van der Waals surface area (Å²) in [6.45, 7) is 3.16. The summed E-state index contributed by atoms with van der Waals surface area (Å²) in [6.07, 6.45) is 5.03. The fourth-order valence-electron chi connectivity index (χ4n) is 6.24. The molecule has 3 fully saturated rings. The highest BCUT2D eigenvalue weighted by Crippen LogP contribution is 2.42. The summed E-state index contributed by atoms with van der Waals surface area (Å²) in [5, 5.41) is 6.10. The van der Waals surface area contributed by atoms with Crippen LogP contribution in [0.1, 0.15) is 53.0 Å². The van der Waals surface area contributed by atoms with E-state index in [0.29, 0.717) is 23.7 Å². The van der Waals surface area contributed by atoms with Crippen LogP contribution in [0.25, 0.3) is 0 Å². The number of carbonyl (C=O) groups excluding carboxylic acids is 3. The summed E-state index contributed by atoms with van der Waals surface area (Å²) in [6, 6.07) is 11.6. The molecule has 206 valence electrons. The standard InChI is InChI=1S/C30H31FN6O3/c1-18-5-4-7-21-24(20-6-2-3-8-22(20)31)35-27(36-28(39)26-33-13-14-34-26)29(40)37(25(18)21)16-23(38)30-11-9-19(10-12-30)15-32-17-30/h2-8,13-14,19,27,32H,9-12,15-17H2,1H3,(H,33,34)(H,36,39). The number of aromatic nitrogens is 2. The molecule has 10 heteroatoms. The van der Waals surface area contributed by atoms with E-state index in [1.807, 2.05) is 19.1 Å². The van der Waals surface area contributed by atoms with Gasteiger partial charge in [-0.3, -0.25) is 14.4 Å². The number of aromatic amines is 1. The van der Waals surface area contributed by atoms with E-state index in [2.05, 4.69) is 25.6 Å². The van der Waals surface area contributed by atoms with Gasteiger partial charge in [-0.25, -0.2) is 14.4 Å². The number of hydrogen-bond acceptors (Lipinski definition) is 6. The zero-order valence-corrected chi connectivity index (χ0v) is 22.2. The molecule has 3 aromatic rings. The minimum atomic E-state index is -1.41. The molecule has 1 saturated carbocycles. The number of ketones is 1. The highest BCUT2D eigenvalue weighted by atomic mass is 19.1. The van der Waals surface area contributed by atoms with Gasteiger partial charge in [0.05, 0.1) is 17.9 Å². The molecule has 1 atom stereocenters. The van der Waals surface area contributed by atoms with Gasteiger partial charge in [0.15, 0.2) is 11.6 Å². The molecule has 4 heterocycles. The van der Waals surface area contributed by atoms with Gasteiger partial charge in [0.2, 0.25) is 6.17 Å². The van der Waals surface area contributed by atoms with Gasteiger partial charge >= 0.3 is 0 Å². The van der Waals surface area contributed by atoms with Crippen LogP contribution in [0.5, 0.6) is 0 Å². The number of imidazole rings is 1. The monoisotopic (exact) mass is 542 g/mol. The Kier molecular flexibility index (Phi) is 6.79. The van der Waals surface area contributed by atoms with Gasteiger partial charge in [-0.15, -0.1) is 0 Å². The van der Waals surface area contributed by atoms with Crippen molar-refractivity contribution >= 4 is 29.0 Å². The van der Waals surface area contributed by atoms with E-state index in [1.165, 1.54) is 23.4 Å². The topological polar surface area (TPSA) is 120 Å². The van der Waals surface area contributed by atoms with E-state index < -0.39 is 29.2 Å². The average molecular weight is 543 g/mol. The number of nitrogens with one attached hydrogen (secondary N) is 3. The second kappa shape index (κ2) is 10.4. The van der Waals surface area contributed by atoms with Crippen LogP contribution in [0.2, 0.25) is 0 Å². The van der Waals surface area contributed by atoms with Gasteiger partial charge in [0.25, 0.3) is 11.8 Å². The summed E-state index contributed by atoms with van der Waals surface area (Å²) < 4.78 is 15.2. The van der Waals surface area contributed by atoms with Crippen LogP contribution in [0.3, 0.4) is 0 Å². The second-order valence-electron chi connectivity index (χ2n) is 10.9. The van der Waals surface area contributed by atoms with E-state index in [0.717, 1.165) is 37.8 Å². The van der Waals surface area contributed by atoms with Crippen molar-refractivity contribution in [2.75, 3.05) is 24.5 Å². The number of fused-ring (bicyclic) bond motifs is 5. The van der Waals surface area contributed by atoms with Gasteiger partial charge in [0, 0.05) is 35.5 Å². The number of aryl methyl sites for hydroxylation is 1. The van der Waals surface area contributed by atoms with Crippen molar-refractivity contribution in [1.29, 1.82) is 0 Å². The lowest BCUT2D eigenvalue weighted by atomic mass is 9.69. The number of aliphatic imine (C=N–C) groups is 1. The number of carbonyl (C=O) groups is 3. The number of para-hydroxylation sites is 1. The predicted octanol–water partition coefficient (Wildman–Crippen LogP) is 3.15. The summed E-state index contributed by atoms with van der Waals surface area (Å²) in [4.78, 5) is 54.1. The van der Waals surface area contributed by atoms with Crippen LogP contribution in [0.15, 0.2) is 59.9 Å². The van der Waals surface area contributed by atoms with Crippen molar-refractivity contribution in [3.63, 3.8) is 0 Å². The zero-order chi connectivity index (χ0) is 27.9. The van der Waals surface area contributed by atoms with Crippen LogP contribution in [-0.2, 0) is 9.59 Å². The molecule has 40 heavy (non-hydrogen) atoms. The highest BCUT2D eigenvalue weighted by molar-refractivity contribution is 6.21. The van der Waals surface area contributed by atoms with Crippen LogP contribution in [-0.4, -0.2) is 59.1 Å². The van der Waals surface area contributed by atoms with Crippen LogP contribution in [0.4, 0.5) is 10.1 Å². The Morgan fingerprint density at radius 3 is 2.65 bits per heavy atom. The van der Waals surface area contributed by atoms with Gasteiger partial charge in [0.1, 0.15) is 5.82 Å². The molecule has 7 rings (SSSR count). The molecule has 0 spiro atoms. The molecular weight excluding hydrogens is 511 g/mol.